The normalized spacial score (nSPS) is 14.7. The molecule has 0 aromatic carbocycles. The van der Waals surface area contributed by atoms with E-state index in [4.69, 9.17) is 11.0 Å². The number of hydrogen-bond acceptors (Lipinski definition) is 9. The van der Waals surface area contributed by atoms with E-state index in [1.807, 2.05) is 6.07 Å². The van der Waals surface area contributed by atoms with E-state index in [0.717, 1.165) is 17.1 Å². The first-order chi connectivity index (χ1) is 13.2. The number of nitrogens with zero attached hydrogens (tertiary/aromatic N) is 4. The summed E-state index contributed by atoms with van der Waals surface area (Å²) in [5, 5.41) is 21.3. The first-order valence-corrected chi connectivity index (χ1v) is 9.37. The molecule has 0 saturated heterocycles. The summed E-state index contributed by atoms with van der Waals surface area (Å²) in [6.45, 7) is 3.33. The van der Waals surface area contributed by atoms with E-state index >= 15 is 0 Å². The topological polar surface area (TPSA) is 125 Å². The molecule has 0 radical (unpaired) electrons. The molecule has 8 nitrogen and oxygen atoms in total. The van der Waals surface area contributed by atoms with E-state index in [2.05, 4.69) is 43.2 Å². The fourth-order valence-corrected chi connectivity index (χ4v) is 3.18. The second-order valence-corrected chi connectivity index (χ2v) is 6.52. The highest BCUT2D eigenvalue weighted by Gasteiger charge is 2.14. The summed E-state index contributed by atoms with van der Waals surface area (Å²) in [6.07, 6.45) is 4.15. The van der Waals surface area contributed by atoms with Crippen molar-refractivity contribution in [1.82, 2.24) is 20.3 Å². The standard InChI is InChI=1S/C18H20N8S/c1-2-13-11-27-17(25-13)16(20)14-5-6-22-18(26-14)23-8-7-21-15-4-3-12(9-19)10-24-15/h3-6,10-11,25H,2,7-8,20H2,1H3,(H,21,24)(H,22,23,26)/b17-16+. The number of allylic oxidation sites excluding steroid dienone is 1. The first-order valence-electron chi connectivity index (χ1n) is 8.49. The molecule has 0 aliphatic carbocycles. The molecule has 2 aromatic rings. The Morgan fingerprint density at radius 3 is 2.81 bits per heavy atom. The molecule has 2 aromatic heterocycles. The largest absolute Gasteiger partial charge is 0.395 e. The van der Waals surface area contributed by atoms with Gasteiger partial charge in [-0.3, -0.25) is 0 Å². The second-order valence-electron chi connectivity index (χ2n) is 5.65. The van der Waals surface area contributed by atoms with Crippen LogP contribution in [0.1, 0.15) is 24.6 Å². The molecule has 27 heavy (non-hydrogen) atoms. The van der Waals surface area contributed by atoms with Crippen LogP contribution in [-0.4, -0.2) is 28.0 Å². The summed E-state index contributed by atoms with van der Waals surface area (Å²) in [4.78, 5) is 12.9. The van der Waals surface area contributed by atoms with Crippen LogP contribution in [-0.2, 0) is 0 Å². The van der Waals surface area contributed by atoms with Gasteiger partial charge in [-0.25, -0.2) is 15.0 Å². The number of hydrogen-bond donors (Lipinski definition) is 4. The van der Waals surface area contributed by atoms with E-state index in [9.17, 15) is 0 Å². The van der Waals surface area contributed by atoms with Crippen LogP contribution < -0.4 is 21.7 Å². The van der Waals surface area contributed by atoms with Gasteiger partial charge in [0.1, 0.15) is 16.9 Å². The van der Waals surface area contributed by atoms with Crippen LogP contribution in [0.5, 0.6) is 0 Å². The van der Waals surface area contributed by atoms with E-state index in [0.29, 0.717) is 41.8 Å². The number of anilines is 2. The van der Waals surface area contributed by atoms with Crippen molar-refractivity contribution in [2.24, 2.45) is 5.73 Å². The molecule has 0 spiro atoms. The number of aromatic nitrogens is 3. The van der Waals surface area contributed by atoms with Crippen LogP contribution in [0.15, 0.2) is 46.7 Å². The lowest BCUT2D eigenvalue weighted by Gasteiger charge is -2.10. The summed E-state index contributed by atoms with van der Waals surface area (Å²) < 4.78 is 0. The lowest BCUT2D eigenvalue weighted by molar-refractivity contribution is 0.947. The average molecular weight is 380 g/mol. The molecule has 0 fully saturated rings. The second kappa shape index (κ2) is 8.91. The molecular weight excluding hydrogens is 360 g/mol. The van der Waals surface area contributed by atoms with Crippen molar-refractivity contribution in [2.75, 3.05) is 23.7 Å². The average Bonchev–Trinajstić information content (AvgIpc) is 3.20. The van der Waals surface area contributed by atoms with Crippen molar-refractivity contribution in [1.29, 1.82) is 5.26 Å². The number of nitriles is 1. The molecule has 0 unspecified atom stereocenters. The van der Waals surface area contributed by atoms with Crippen LogP contribution >= 0.6 is 11.8 Å². The minimum absolute atomic E-state index is 0.511. The highest BCUT2D eigenvalue weighted by atomic mass is 32.2. The number of nitrogens with two attached hydrogens (primary N) is 1. The molecule has 9 heteroatoms. The maximum atomic E-state index is 8.77. The van der Waals surface area contributed by atoms with Gasteiger partial charge in [0.2, 0.25) is 5.95 Å². The summed E-state index contributed by atoms with van der Waals surface area (Å²) in [5.74, 6) is 1.22. The SMILES string of the molecule is CCC1=CS/C(=C(/N)c2ccnc(NCCNc3ccc(C#N)cn3)n2)N1. The van der Waals surface area contributed by atoms with Crippen molar-refractivity contribution in [3.63, 3.8) is 0 Å². The summed E-state index contributed by atoms with van der Waals surface area (Å²) >= 11 is 1.57. The van der Waals surface area contributed by atoms with Crippen LogP contribution in [0.3, 0.4) is 0 Å². The Morgan fingerprint density at radius 2 is 2.11 bits per heavy atom. The van der Waals surface area contributed by atoms with Crippen molar-refractivity contribution in [3.05, 3.63) is 58.0 Å². The van der Waals surface area contributed by atoms with Crippen LogP contribution in [0, 0.1) is 11.3 Å². The minimum atomic E-state index is 0.511. The van der Waals surface area contributed by atoms with Gasteiger partial charge in [-0.15, -0.1) is 0 Å². The molecule has 3 rings (SSSR count). The third-order valence-corrected chi connectivity index (χ3v) is 4.72. The number of rotatable bonds is 7. The predicted octanol–water partition coefficient (Wildman–Crippen LogP) is 2.44. The zero-order valence-corrected chi connectivity index (χ0v) is 15.7. The number of pyridine rings is 1. The van der Waals surface area contributed by atoms with Gasteiger partial charge in [0.25, 0.3) is 0 Å². The summed E-state index contributed by atoms with van der Waals surface area (Å²) in [5.41, 5.74) is 9.20. The Bertz CT molecular complexity index is 898. The molecular formula is C18H20N8S. The van der Waals surface area contributed by atoms with Crippen molar-refractivity contribution >= 4 is 29.2 Å². The maximum Gasteiger partial charge on any atom is 0.223 e. The molecule has 0 bridgehead atoms. The van der Waals surface area contributed by atoms with Crippen LogP contribution in [0.25, 0.3) is 5.70 Å². The third-order valence-electron chi connectivity index (χ3n) is 3.76. The minimum Gasteiger partial charge on any atom is -0.395 e. The van der Waals surface area contributed by atoms with Gasteiger partial charge >= 0.3 is 0 Å². The van der Waals surface area contributed by atoms with E-state index in [-0.39, 0.29) is 0 Å². The van der Waals surface area contributed by atoms with Gasteiger partial charge in [-0.05, 0) is 30.0 Å². The number of nitrogens with one attached hydrogen (secondary N) is 3. The lowest BCUT2D eigenvalue weighted by atomic mass is 10.3. The van der Waals surface area contributed by atoms with Crippen LogP contribution in [0.2, 0.25) is 0 Å². The molecule has 0 saturated carbocycles. The van der Waals surface area contributed by atoms with Crippen molar-refractivity contribution < 1.29 is 0 Å². The highest BCUT2D eigenvalue weighted by Crippen LogP contribution is 2.29. The van der Waals surface area contributed by atoms with Gasteiger partial charge in [0, 0.05) is 31.2 Å². The van der Waals surface area contributed by atoms with Crippen molar-refractivity contribution in [2.45, 2.75) is 13.3 Å². The van der Waals surface area contributed by atoms with E-state index < -0.39 is 0 Å². The molecule has 138 valence electrons. The van der Waals surface area contributed by atoms with E-state index in [1.165, 1.54) is 6.20 Å². The molecule has 1 aliphatic heterocycles. The third kappa shape index (κ3) is 4.89. The Morgan fingerprint density at radius 1 is 1.26 bits per heavy atom. The molecule has 1 aliphatic rings. The lowest BCUT2D eigenvalue weighted by Crippen LogP contribution is -2.17. The smallest absolute Gasteiger partial charge is 0.223 e. The monoisotopic (exact) mass is 380 g/mol. The molecule has 0 atom stereocenters. The Balaban J connectivity index is 1.53. The van der Waals surface area contributed by atoms with Crippen LogP contribution in [0.4, 0.5) is 11.8 Å². The van der Waals surface area contributed by atoms with Gasteiger partial charge in [0.15, 0.2) is 0 Å². The van der Waals surface area contributed by atoms with Crippen molar-refractivity contribution in [3.8, 4) is 6.07 Å². The van der Waals surface area contributed by atoms with E-state index in [1.54, 1.807) is 36.2 Å². The highest BCUT2D eigenvalue weighted by molar-refractivity contribution is 8.06. The Labute approximate surface area is 162 Å². The van der Waals surface area contributed by atoms with Gasteiger partial charge in [-0.1, -0.05) is 18.7 Å². The number of thioether (sulfide) groups is 1. The van der Waals surface area contributed by atoms with Gasteiger partial charge in [0.05, 0.1) is 17.0 Å². The van der Waals surface area contributed by atoms with Gasteiger partial charge in [-0.2, -0.15) is 5.26 Å². The van der Waals surface area contributed by atoms with Gasteiger partial charge < -0.3 is 21.7 Å². The zero-order valence-electron chi connectivity index (χ0n) is 14.9. The Hall–Kier alpha value is -3.25. The fraction of sp³-hybridized carbons (Fsp3) is 0.222. The summed E-state index contributed by atoms with van der Waals surface area (Å²) in [7, 11) is 0. The summed E-state index contributed by atoms with van der Waals surface area (Å²) in [6, 6.07) is 7.32. The maximum absolute atomic E-state index is 8.77. The molecule has 3 heterocycles. The molecule has 5 N–H and O–H groups in total. The Kier molecular flexibility index (Phi) is 6.12. The predicted molar refractivity (Wildman–Crippen MR) is 108 cm³/mol. The zero-order chi connectivity index (χ0) is 19.1. The molecule has 0 amide bonds. The first kappa shape index (κ1) is 18.5. The quantitative estimate of drug-likeness (QED) is 0.536. The fourth-order valence-electron chi connectivity index (χ4n) is 2.28.